The summed E-state index contributed by atoms with van der Waals surface area (Å²) in [5.41, 5.74) is 0.849. The molecule has 2 aromatic carbocycles. The number of hydrogen-bond acceptors (Lipinski definition) is 6. The van der Waals surface area contributed by atoms with Crippen LogP contribution in [0.25, 0.3) is 22.3 Å². The molecule has 0 aliphatic rings. The molecule has 0 fully saturated rings. The van der Waals surface area contributed by atoms with E-state index in [1.54, 1.807) is 6.92 Å². The highest BCUT2D eigenvalue weighted by atomic mass is 19.1. The largest absolute Gasteiger partial charge is 0.507 e. The highest BCUT2D eigenvalue weighted by Gasteiger charge is 2.28. The number of halogens is 1. The summed E-state index contributed by atoms with van der Waals surface area (Å²) in [5.74, 6) is -0.465. The van der Waals surface area contributed by atoms with E-state index in [-0.39, 0.29) is 35.1 Å². The third-order valence-electron chi connectivity index (χ3n) is 5.08. The smallest absolute Gasteiger partial charge is 0.310 e. The Morgan fingerprint density at radius 1 is 1.13 bits per heavy atom. The number of nitrogens with zero attached hydrogens (tertiary/aromatic N) is 2. The summed E-state index contributed by atoms with van der Waals surface area (Å²) < 4.78 is 19.0. The first-order valence-corrected chi connectivity index (χ1v) is 10.2. The van der Waals surface area contributed by atoms with Crippen molar-refractivity contribution < 1.29 is 19.0 Å². The zero-order valence-corrected chi connectivity index (χ0v) is 17.4. The molecule has 3 aromatic rings. The van der Waals surface area contributed by atoms with Gasteiger partial charge in [-0.2, -0.15) is 0 Å². The van der Waals surface area contributed by atoms with Crippen LogP contribution in [0, 0.1) is 11.7 Å². The number of para-hydroxylation sites is 1. The highest BCUT2D eigenvalue weighted by molar-refractivity contribution is 5.91. The minimum atomic E-state index is -0.492. The minimum Gasteiger partial charge on any atom is -0.507 e. The fraction of sp³-hybridized carbons (Fsp3) is 0.348. The lowest BCUT2D eigenvalue weighted by atomic mass is 9.94. The molecule has 0 aliphatic carbocycles. The molecule has 30 heavy (non-hydrogen) atoms. The van der Waals surface area contributed by atoms with Gasteiger partial charge in [0.2, 0.25) is 0 Å². The van der Waals surface area contributed by atoms with Crippen molar-refractivity contribution in [1.82, 2.24) is 9.97 Å². The summed E-state index contributed by atoms with van der Waals surface area (Å²) in [6.07, 6.45) is 1.29. The van der Waals surface area contributed by atoms with Gasteiger partial charge >= 0.3 is 5.97 Å². The molecule has 0 bridgehead atoms. The number of aromatic hydroxyl groups is 1. The average Bonchev–Trinajstić information content (AvgIpc) is 2.75. The summed E-state index contributed by atoms with van der Waals surface area (Å²) in [4.78, 5) is 21.5. The van der Waals surface area contributed by atoms with Crippen molar-refractivity contribution in [2.75, 3.05) is 11.9 Å². The molecular formula is C23H26FN3O3. The zero-order chi connectivity index (χ0) is 21.7. The molecule has 2 N–H and O–H groups in total. The number of benzene rings is 2. The molecule has 7 heteroatoms. The Kier molecular flexibility index (Phi) is 6.82. The fourth-order valence-electron chi connectivity index (χ4n) is 3.52. The summed E-state index contributed by atoms with van der Waals surface area (Å²) in [6.45, 7) is 6.04. The van der Waals surface area contributed by atoms with E-state index in [0.29, 0.717) is 30.8 Å². The van der Waals surface area contributed by atoms with Crippen LogP contribution in [0.2, 0.25) is 0 Å². The van der Waals surface area contributed by atoms with Crippen molar-refractivity contribution in [3.63, 3.8) is 0 Å². The van der Waals surface area contributed by atoms with Crippen molar-refractivity contribution >= 4 is 22.7 Å². The quantitative estimate of drug-likeness (QED) is 0.512. The van der Waals surface area contributed by atoms with Gasteiger partial charge in [-0.25, -0.2) is 14.4 Å². The second kappa shape index (κ2) is 9.52. The third-order valence-corrected chi connectivity index (χ3v) is 5.08. The van der Waals surface area contributed by atoms with Crippen molar-refractivity contribution in [3.05, 3.63) is 48.3 Å². The molecule has 0 radical (unpaired) electrons. The van der Waals surface area contributed by atoms with Gasteiger partial charge in [-0.1, -0.05) is 26.0 Å². The monoisotopic (exact) mass is 411 g/mol. The van der Waals surface area contributed by atoms with Crippen LogP contribution >= 0.6 is 0 Å². The van der Waals surface area contributed by atoms with E-state index >= 15 is 0 Å². The van der Waals surface area contributed by atoms with E-state index in [0.717, 1.165) is 5.39 Å². The number of rotatable bonds is 8. The standard InChI is InChI=1S/C23H26FN3O3/c1-4-15(23(29)30-6-3)18(5-2)25-21-16-9-7-8-10-19(16)26-22(27-21)17-13-14(24)11-12-20(17)28/h7-13,15,18,28H,4-6H2,1-3H3,(H,25,26,27)/t15-,18-/m1/s1. The number of nitrogens with one attached hydrogen (secondary N) is 1. The summed E-state index contributed by atoms with van der Waals surface area (Å²) in [5, 5.41) is 14.4. The molecule has 0 aliphatic heterocycles. The second-order valence-electron chi connectivity index (χ2n) is 7.00. The average molecular weight is 411 g/mol. The first kappa shape index (κ1) is 21.5. The van der Waals surface area contributed by atoms with Crippen LogP contribution in [-0.4, -0.2) is 33.7 Å². The predicted octanol–water partition coefficient (Wildman–Crippen LogP) is 4.92. The lowest BCUT2D eigenvalue weighted by Gasteiger charge is -2.26. The number of hydrogen-bond donors (Lipinski definition) is 2. The van der Waals surface area contributed by atoms with E-state index in [1.807, 2.05) is 38.1 Å². The van der Waals surface area contributed by atoms with Crippen molar-refractivity contribution in [2.45, 2.75) is 39.7 Å². The highest BCUT2D eigenvalue weighted by Crippen LogP contribution is 2.31. The fourth-order valence-corrected chi connectivity index (χ4v) is 3.52. The number of phenolic OH excluding ortho intramolecular Hbond substituents is 1. The Morgan fingerprint density at radius 3 is 2.60 bits per heavy atom. The van der Waals surface area contributed by atoms with Crippen molar-refractivity contribution in [3.8, 4) is 17.1 Å². The molecule has 0 saturated carbocycles. The Hall–Kier alpha value is -3.22. The van der Waals surface area contributed by atoms with Gasteiger partial charge in [-0.05, 0) is 50.1 Å². The molecule has 2 atom stereocenters. The van der Waals surface area contributed by atoms with Gasteiger partial charge in [0.1, 0.15) is 17.4 Å². The normalized spacial score (nSPS) is 13.1. The molecule has 1 aromatic heterocycles. The number of ether oxygens (including phenoxy) is 1. The molecule has 158 valence electrons. The number of carbonyl (C=O) groups is 1. The number of aromatic nitrogens is 2. The van der Waals surface area contributed by atoms with Crippen LogP contribution in [0.1, 0.15) is 33.6 Å². The van der Waals surface area contributed by atoms with Crippen LogP contribution in [-0.2, 0) is 9.53 Å². The maximum absolute atomic E-state index is 13.8. The third kappa shape index (κ3) is 4.50. The molecule has 1 heterocycles. The Labute approximate surface area is 175 Å². The van der Waals surface area contributed by atoms with E-state index in [9.17, 15) is 14.3 Å². The maximum atomic E-state index is 13.8. The first-order chi connectivity index (χ1) is 14.5. The second-order valence-corrected chi connectivity index (χ2v) is 7.00. The summed E-state index contributed by atoms with van der Waals surface area (Å²) in [7, 11) is 0. The van der Waals surface area contributed by atoms with E-state index < -0.39 is 5.82 Å². The van der Waals surface area contributed by atoms with Gasteiger partial charge in [-0.15, -0.1) is 0 Å². The van der Waals surface area contributed by atoms with Gasteiger partial charge in [0.15, 0.2) is 5.82 Å². The molecule has 0 spiro atoms. The minimum absolute atomic E-state index is 0.109. The Morgan fingerprint density at radius 2 is 1.90 bits per heavy atom. The molecule has 0 unspecified atom stereocenters. The van der Waals surface area contributed by atoms with E-state index in [4.69, 9.17) is 4.74 Å². The molecule has 6 nitrogen and oxygen atoms in total. The molecule has 0 amide bonds. The lowest BCUT2D eigenvalue weighted by molar-refractivity contribution is -0.148. The SMILES string of the molecule is CCOC(=O)[C@H](CC)[C@@H](CC)Nc1nc(-c2cc(F)ccc2O)nc2ccccc12. The number of anilines is 1. The van der Waals surface area contributed by atoms with Crippen LogP contribution < -0.4 is 5.32 Å². The van der Waals surface area contributed by atoms with Gasteiger partial charge in [0.05, 0.1) is 23.6 Å². The zero-order valence-electron chi connectivity index (χ0n) is 17.4. The van der Waals surface area contributed by atoms with Crippen LogP contribution in [0.15, 0.2) is 42.5 Å². The molecular weight excluding hydrogens is 385 g/mol. The van der Waals surface area contributed by atoms with Gasteiger partial charge < -0.3 is 15.2 Å². The lowest BCUT2D eigenvalue weighted by Crippen LogP contribution is -2.35. The van der Waals surface area contributed by atoms with Crippen molar-refractivity contribution in [2.24, 2.45) is 5.92 Å². The van der Waals surface area contributed by atoms with Crippen LogP contribution in [0.3, 0.4) is 0 Å². The number of esters is 1. The van der Waals surface area contributed by atoms with Gasteiger partial charge in [-0.3, -0.25) is 4.79 Å². The molecule has 3 rings (SSSR count). The van der Waals surface area contributed by atoms with Gasteiger partial charge in [0.25, 0.3) is 0 Å². The number of phenols is 1. The Balaban J connectivity index is 2.08. The summed E-state index contributed by atoms with van der Waals surface area (Å²) in [6, 6.07) is 10.9. The van der Waals surface area contributed by atoms with Crippen LogP contribution in [0.5, 0.6) is 5.75 Å². The van der Waals surface area contributed by atoms with Crippen LogP contribution in [0.4, 0.5) is 10.2 Å². The molecule has 0 saturated heterocycles. The first-order valence-electron chi connectivity index (χ1n) is 10.2. The maximum Gasteiger partial charge on any atom is 0.310 e. The topological polar surface area (TPSA) is 84.3 Å². The van der Waals surface area contributed by atoms with E-state index in [1.165, 1.54) is 18.2 Å². The summed E-state index contributed by atoms with van der Waals surface area (Å²) >= 11 is 0. The predicted molar refractivity (Wildman–Crippen MR) is 115 cm³/mol. The van der Waals surface area contributed by atoms with Crippen molar-refractivity contribution in [1.29, 1.82) is 0 Å². The Bertz CT molecular complexity index is 1040. The van der Waals surface area contributed by atoms with E-state index in [2.05, 4.69) is 15.3 Å². The van der Waals surface area contributed by atoms with Gasteiger partial charge in [0, 0.05) is 11.4 Å². The number of carbonyl (C=O) groups excluding carboxylic acids is 1. The number of fused-ring (bicyclic) bond motifs is 1.